The molecule has 2 bridgehead atoms. The van der Waals surface area contributed by atoms with Crippen LogP contribution in [0.25, 0.3) is 0 Å². The van der Waals surface area contributed by atoms with Gasteiger partial charge in [0, 0.05) is 30.1 Å². The zero-order valence-electron chi connectivity index (χ0n) is 24.2. The van der Waals surface area contributed by atoms with Gasteiger partial charge < -0.3 is 19.6 Å². The molecule has 0 radical (unpaired) electrons. The van der Waals surface area contributed by atoms with Gasteiger partial charge in [0.15, 0.2) is 0 Å². The number of ether oxygens (including phenoxy) is 1. The Bertz CT molecular complexity index is 1150. The summed E-state index contributed by atoms with van der Waals surface area (Å²) in [7, 11) is 0. The number of hydrogen-bond donors (Lipinski definition) is 1. The molecule has 3 heterocycles. The number of fused-ring (bicyclic) bond motifs is 1. The van der Waals surface area contributed by atoms with Crippen molar-refractivity contribution in [3.63, 3.8) is 0 Å². The lowest BCUT2D eigenvalue weighted by Gasteiger charge is -2.37. The first-order valence-electron chi connectivity index (χ1n) is 14.5. The van der Waals surface area contributed by atoms with Crippen molar-refractivity contribution in [1.29, 1.82) is 0 Å². The number of nitrogens with zero attached hydrogens (tertiary/aromatic N) is 2. The topological polar surface area (TPSA) is 87.1 Å². The van der Waals surface area contributed by atoms with Crippen molar-refractivity contribution < 1.29 is 24.2 Å². The second-order valence-corrected chi connectivity index (χ2v) is 13.6. The highest BCUT2D eigenvalue weighted by Crippen LogP contribution is 2.71. The molecule has 3 fully saturated rings. The van der Waals surface area contributed by atoms with Crippen LogP contribution in [0.5, 0.6) is 0 Å². The Balaban J connectivity index is 1.71. The smallest absolute Gasteiger partial charge is 0.311 e. The predicted octanol–water partition coefficient (Wildman–Crippen LogP) is 4.98. The van der Waals surface area contributed by atoms with Crippen LogP contribution < -0.4 is 4.90 Å². The Morgan fingerprint density at radius 3 is 2.65 bits per heavy atom. The van der Waals surface area contributed by atoms with E-state index in [0.717, 1.165) is 42.5 Å². The number of allylic oxidation sites excluding steroid dienone is 1. The van der Waals surface area contributed by atoms with Crippen molar-refractivity contribution in [2.24, 2.45) is 11.8 Å². The molecule has 0 aromatic heterocycles. The number of carbonyl (C=O) groups is 3. The molecule has 3 aliphatic heterocycles. The van der Waals surface area contributed by atoms with Gasteiger partial charge in [-0.1, -0.05) is 24.3 Å². The highest BCUT2D eigenvalue weighted by Gasteiger charge is 2.77. The second kappa shape index (κ2) is 12.5. The average molecular weight is 569 g/mol. The molecule has 7 nitrogen and oxygen atoms in total. The summed E-state index contributed by atoms with van der Waals surface area (Å²) >= 11 is 1.66. The van der Waals surface area contributed by atoms with E-state index in [1.165, 1.54) is 0 Å². The quantitative estimate of drug-likeness (QED) is 0.194. The van der Waals surface area contributed by atoms with Gasteiger partial charge in [-0.05, 0) is 82.9 Å². The lowest BCUT2D eigenvalue weighted by atomic mass is 9.66. The summed E-state index contributed by atoms with van der Waals surface area (Å²) in [5.41, 5.74) is 2.83. The van der Waals surface area contributed by atoms with Gasteiger partial charge in [-0.3, -0.25) is 14.4 Å². The van der Waals surface area contributed by atoms with Crippen molar-refractivity contribution in [2.75, 3.05) is 31.2 Å². The van der Waals surface area contributed by atoms with E-state index in [2.05, 4.69) is 20.1 Å². The fraction of sp³-hybridized carbons (Fsp3) is 0.594. The van der Waals surface area contributed by atoms with E-state index in [4.69, 9.17) is 4.74 Å². The minimum atomic E-state index is -0.708. The van der Waals surface area contributed by atoms with Crippen LogP contribution in [0.1, 0.15) is 63.0 Å². The number of benzene rings is 1. The Hall–Kier alpha value is -2.58. The molecule has 1 spiro atoms. The normalized spacial score (nSPS) is 28.4. The first kappa shape index (κ1) is 30.4. The van der Waals surface area contributed by atoms with E-state index in [0.29, 0.717) is 39.0 Å². The maximum absolute atomic E-state index is 14.7. The van der Waals surface area contributed by atoms with E-state index >= 15 is 0 Å². The van der Waals surface area contributed by atoms with Gasteiger partial charge in [-0.25, -0.2) is 0 Å². The average Bonchev–Trinajstić information content (AvgIpc) is 3.49. The molecule has 3 saturated heterocycles. The molecule has 2 unspecified atom stereocenters. The number of esters is 1. The molecule has 1 aromatic rings. The third-order valence-corrected chi connectivity index (χ3v) is 10.8. The zero-order valence-corrected chi connectivity index (χ0v) is 25.0. The van der Waals surface area contributed by atoms with E-state index < -0.39 is 27.4 Å². The van der Waals surface area contributed by atoms with Crippen molar-refractivity contribution in [1.82, 2.24) is 4.90 Å². The fourth-order valence-electron chi connectivity index (χ4n) is 6.94. The summed E-state index contributed by atoms with van der Waals surface area (Å²) in [6, 6.07) is 5.33. The molecule has 1 N–H and O–H groups in total. The van der Waals surface area contributed by atoms with Crippen LogP contribution in [0, 0.1) is 25.7 Å². The van der Waals surface area contributed by atoms with Crippen LogP contribution in [0.15, 0.2) is 43.5 Å². The van der Waals surface area contributed by atoms with Gasteiger partial charge in [-0.15, -0.1) is 24.9 Å². The van der Waals surface area contributed by atoms with Crippen LogP contribution in [-0.4, -0.2) is 69.6 Å². The van der Waals surface area contributed by atoms with Crippen LogP contribution in [-0.2, 0) is 19.1 Å². The largest absolute Gasteiger partial charge is 0.465 e. The fourth-order valence-corrected chi connectivity index (χ4v) is 9.28. The maximum Gasteiger partial charge on any atom is 0.311 e. The summed E-state index contributed by atoms with van der Waals surface area (Å²) in [6.45, 7) is 14.7. The Labute approximate surface area is 243 Å². The molecule has 2 amide bonds. The molecular formula is C32H44N2O5S. The van der Waals surface area contributed by atoms with Crippen LogP contribution in [0.2, 0.25) is 0 Å². The monoisotopic (exact) mass is 568 g/mol. The number of carbonyl (C=O) groups excluding carboxylic acids is 3. The SMILES string of the molecule is C=CCCCCOC(=O)[C@H]1[C@H]2C(=O)N(CCCCO)C(C(=O)N(CC=C)c3cc(C)ccc3C)C23CC[C@]1(C)S3. The van der Waals surface area contributed by atoms with Gasteiger partial charge in [0.2, 0.25) is 5.91 Å². The molecule has 8 heteroatoms. The maximum atomic E-state index is 14.7. The van der Waals surface area contributed by atoms with Crippen LogP contribution in [0.4, 0.5) is 5.69 Å². The molecular weight excluding hydrogens is 524 g/mol. The van der Waals surface area contributed by atoms with Gasteiger partial charge in [0.1, 0.15) is 6.04 Å². The lowest BCUT2D eigenvalue weighted by molar-refractivity contribution is -0.155. The number of thioether (sulfide) groups is 1. The molecule has 40 heavy (non-hydrogen) atoms. The summed E-state index contributed by atoms with van der Waals surface area (Å²) in [5.74, 6) is -1.80. The van der Waals surface area contributed by atoms with Crippen molar-refractivity contribution >= 4 is 35.2 Å². The van der Waals surface area contributed by atoms with E-state index in [1.807, 2.05) is 38.1 Å². The van der Waals surface area contributed by atoms with Crippen molar-refractivity contribution in [3.8, 4) is 0 Å². The van der Waals surface area contributed by atoms with E-state index in [1.54, 1.807) is 27.6 Å². The number of amides is 2. The van der Waals surface area contributed by atoms with Gasteiger partial charge in [-0.2, -0.15) is 0 Å². The third kappa shape index (κ3) is 5.37. The van der Waals surface area contributed by atoms with E-state index in [9.17, 15) is 19.5 Å². The molecule has 4 rings (SSSR count). The minimum absolute atomic E-state index is 0.0217. The standard InChI is InChI=1S/C32H44N2O5S/c1-6-8-9-12-20-39-30(38)26-25-28(36)34(18-10-11-19-35)27(32(25)16-15-31(26,5)40-32)29(37)33(17-7-2)24-21-22(3)13-14-23(24)4/h6-7,13-14,21,25-27,35H,1-2,8-12,15-20H2,3-5H3/t25-,26+,27?,31-,32?/m0/s1. The predicted molar refractivity (Wildman–Crippen MR) is 160 cm³/mol. The number of aliphatic hydroxyl groups excluding tert-OH is 1. The molecule has 0 aliphatic carbocycles. The summed E-state index contributed by atoms with van der Waals surface area (Å²) in [5, 5.41) is 9.43. The van der Waals surface area contributed by atoms with Crippen LogP contribution in [0.3, 0.4) is 0 Å². The Morgan fingerprint density at radius 1 is 1.18 bits per heavy atom. The zero-order chi connectivity index (χ0) is 29.1. The number of hydrogen-bond acceptors (Lipinski definition) is 6. The van der Waals surface area contributed by atoms with E-state index in [-0.39, 0.29) is 24.4 Å². The van der Waals surface area contributed by atoms with Gasteiger partial charge >= 0.3 is 5.97 Å². The molecule has 3 aliphatic rings. The number of aryl methyl sites for hydroxylation is 2. The number of rotatable bonds is 14. The number of unbranched alkanes of at least 4 members (excludes halogenated alkanes) is 3. The highest BCUT2D eigenvalue weighted by molar-refractivity contribution is 8.02. The lowest BCUT2D eigenvalue weighted by Crippen LogP contribution is -2.55. The van der Waals surface area contributed by atoms with Crippen molar-refractivity contribution in [3.05, 3.63) is 54.6 Å². The third-order valence-electron chi connectivity index (χ3n) is 8.85. The van der Waals surface area contributed by atoms with Crippen LogP contribution >= 0.6 is 11.8 Å². The Kier molecular flexibility index (Phi) is 9.51. The Morgan fingerprint density at radius 2 is 1.95 bits per heavy atom. The number of likely N-dealkylation sites (tertiary alicyclic amines) is 1. The molecule has 218 valence electrons. The summed E-state index contributed by atoms with van der Waals surface area (Å²) in [4.78, 5) is 45.9. The summed E-state index contributed by atoms with van der Waals surface area (Å²) < 4.78 is 4.59. The number of aliphatic hydroxyl groups is 1. The first-order valence-corrected chi connectivity index (χ1v) is 15.4. The first-order chi connectivity index (χ1) is 19.1. The van der Waals surface area contributed by atoms with Crippen molar-refractivity contribution in [2.45, 2.75) is 81.3 Å². The molecule has 0 saturated carbocycles. The van der Waals surface area contributed by atoms with Gasteiger partial charge in [0.05, 0.1) is 23.2 Å². The highest BCUT2D eigenvalue weighted by atomic mass is 32.2. The molecule has 1 aromatic carbocycles. The minimum Gasteiger partial charge on any atom is -0.465 e. The molecule has 5 atom stereocenters. The second-order valence-electron chi connectivity index (χ2n) is 11.7. The summed E-state index contributed by atoms with van der Waals surface area (Å²) in [6.07, 6.45) is 8.64. The number of anilines is 1. The van der Waals surface area contributed by atoms with Gasteiger partial charge in [0.25, 0.3) is 5.91 Å².